The minimum Gasteiger partial charge on any atom is -0.386 e. The Bertz CT molecular complexity index is 1790. The Morgan fingerprint density at radius 1 is 1.10 bits per heavy atom. The molecule has 6 nitrogen and oxygen atoms in total. The lowest BCUT2D eigenvalue weighted by molar-refractivity contribution is 0.0744. The first kappa shape index (κ1) is 29.6. The number of carbonyl (C=O) groups excluding carboxylic acids is 1. The van der Waals surface area contributed by atoms with Gasteiger partial charge in [0.25, 0.3) is 11.5 Å². The molecule has 0 saturated heterocycles. The number of aryl methyl sites for hydroxylation is 2. The standard InChI is InChI=1S/C33H32ClF2N3O3/c1-17-16-37-27(20-8-7-9-21(30(20)36)31(40)38(5)6)15-28(17)39-18(2)12-24(29(34)32(39)41)23-14-22(23)19-10-11-26(35)25(13-19)33(3,4)42/h7-13,15-16,22-23,42H,14H2,1-6H3/t22-,23+/m1/s1. The van der Waals surface area contributed by atoms with Crippen LogP contribution in [0.5, 0.6) is 0 Å². The summed E-state index contributed by atoms with van der Waals surface area (Å²) in [5.41, 5.74) is 2.24. The van der Waals surface area contributed by atoms with Gasteiger partial charge < -0.3 is 10.0 Å². The Balaban J connectivity index is 1.53. The van der Waals surface area contributed by atoms with Gasteiger partial charge in [0.2, 0.25) is 0 Å². The van der Waals surface area contributed by atoms with Crippen molar-refractivity contribution in [2.75, 3.05) is 14.1 Å². The fraction of sp³-hybridized carbons (Fsp3) is 0.303. The number of hydrogen-bond acceptors (Lipinski definition) is 4. The van der Waals surface area contributed by atoms with Crippen LogP contribution in [0.2, 0.25) is 5.02 Å². The zero-order valence-electron chi connectivity index (χ0n) is 24.3. The van der Waals surface area contributed by atoms with Crippen LogP contribution in [0.1, 0.15) is 70.4 Å². The molecule has 0 unspecified atom stereocenters. The molecular weight excluding hydrogens is 560 g/mol. The van der Waals surface area contributed by atoms with Crippen LogP contribution in [0, 0.1) is 25.5 Å². The van der Waals surface area contributed by atoms with Gasteiger partial charge in [-0.25, -0.2) is 8.78 Å². The molecule has 2 aromatic carbocycles. The molecule has 0 spiro atoms. The van der Waals surface area contributed by atoms with E-state index < -0.39 is 28.7 Å². The Kier molecular flexibility index (Phi) is 7.58. The molecule has 0 radical (unpaired) electrons. The summed E-state index contributed by atoms with van der Waals surface area (Å²) in [5.74, 6) is -1.62. The third kappa shape index (κ3) is 5.25. The summed E-state index contributed by atoms with van der Waals surface area (Å²) in [4.78, 5) is 31.9. The van der Waals surface area contributed by atoms with Crippen molar-refractivity contribution < 1.29 is 18.7 Å². The monoisotopic (exact) mass is 591 g/mol. The van der Waals surface area contributed by atoms with E-state index in [2.05, 4.69) is 4.98 Å². The Hall–Kier alpha value is -3.88. The zero-order chi connectivity index (χ0) is 30.7. The molecule has 5 rings (SSSR count). The van der Waals surface area contributed by atoms with E-state index in [1.165, 1.54) is 21.6 Å². The molecule has 2 aromatic heterocycles. The van der Waals surface area contributed by atoms with Crippen molar-refractivity contribution in [2.24, 2.45) is 0 Å². The highest BCUT2D eigenvalue weighted by atomic mass is 35.5. The van der Waals surface area contributed by atoms with Crippen LogP contribution < -0.4 is 5.56 Å². The number of nitrogens with zero attached hydrogens (tertiary/aromatic N) is 3. The van der Waals surface area contributed by atoms with Gasteiger partial charge in [-0.2, -0.15) is 0 Å². The number of halogens is 3. The lowest BCUT2D eigenvalue weighted by Crippen LogP contribution is -2.23. The van der Waals surface area contributed by atoms with Gasteiger partial charge in [0.05, 0.1) is 22.5 Å². The maximum Gasteiger partial charge on any atom is 0.274 e. The fourth-order valence-corrected chi connectivity index (χ4v) is 5.77. The van der Waals surface area contributed by atoms with Crippen molar-refractivity contribution >= 4 is 17.5 Å². The SMILES string of the molecule is Cc1cnc(-c2cccc(C(=O)N(C)C)c2F)cc1-n1c(C)cc([C@H]2C[C@@H]2c2ccc(F)c(C(C)(C)O)c2)c(Cl)c1=O. The van der Waals surface area contributed by atoms with Crippen molar-refractivity contribution in [3.8, 4) is 16.9 Å². The van der Waals surface area contributed by atoms with Crippen LogP contribution in [0.25, 0.3) is 16.9 Å². The fourth-order valence-electron chi connectivity index (χ4n) is 5.49. The van der Waals surface area contributed by atoms with Crippen molar-refractivity contribution in [3.05, 3.63) is 115 Å². The van der Waals surface area contributed by atoms with E-state index in [-0.39, 0.29) is 39.2 Å². The molecule has 1 aliphatic carbocycles. The van der Waals surface area contributed by atoms with E-state index in [9.17, 15) is 19.1 Å². The molecule has 2 heterocycles. The molecule has 42 heavy (non-hydrogen) atoms. The Morgan fingerprint density at radius 2 is 1.81 bits per heavy atom. The zero-order valence-corrected chi connectivity index (χ0v) is 25.1. The lowest BCUT2D eigenvalue weighted by Gasteiger charge is -2.19. The van der Waals surface area contributed by atoms with Gasteiger partial charge in [0, 0.05) is 37.1 Å². The number of aliphatic hydroxyl groups is 1. The maximum absolute atomic E-state index is 15.5. The average molecular weight is 592 g/mol. The van der Waals surface area contributed by atoms with Gasteiger partial charge in [-0.1, -0.05) is 23.7 Å². The molecule has 1 N–H and O–H groups in total. The number of carbonyl (C=O) groups is 1. The summed E-state index contributed by atoms with van der Waals surface area (Å²) in [5, 5.41) is 10.5. The first-order valence-corrected chi connectivity index (χ1v) is 14.0. The minimum absolute atomic E-state index is 0.0289. The summed E-state index contributed by atoms with van der Waals surface area (Å²) >= 11 is 6.71. The number of amides is 1. The highest BCUT2D eigenvalue weighted by molar-refractivity contribution is 6.31. The average Bonchev–Trinajstić information content (AvgIpc) is 3.72. The van der Waals surface area contributed by atoms with E-state index in [1.807, 2.05) is 6.07 Å². The van der Waals surface area contributed by atoms with Gasteiger partial charge in [0.1, 0.15) is 16.7 Å². The molecule has 218 valence electrons. The number of aromatic nitrogens is 2. The summed E-state index contributed by atoms with van der Waals surface area (Å²) in [6.07, 6.45) is 2.29. The van der Waals surface area contributed by atoms with Crippen molar-refractivity contribution in [3.63, 3.8) is 0 Å². The predicted octanol–water partition coefficient (Wildman–Crippen LogP) is 6.65. The highest BCUT2D eigenvalue weighted by Gasteiger charge is 2.42. The van der Waals surface area contributed by atoms with Gasteiger partial charge in [0.15, 0.2) is 0 Å². The van der Waals surface area contributed by atoms with Gasteiger partial charge in [-0.3, -0.25) is 19.1 Å². The summed E-state index contributed by atoms with van der Waals surface area (Å²) < 4.78 is 31.3. The van der Waals surface area contributed by atoms with Crippen LogP contribution >= 0.6 is 11.6 Å². The van der Waals surface area contributed by atoms with Crippen LogP contribution in [0.4, 0.5) is 8.78 Å². The molecule has 1 saturated carbocycles. The molecule has 9 heteroatoms. The number of hydrogen-bond donors (Lipinski definition) is 1. The maximum atomic E-state index is 15.5. The van der Waals surface area contributed by atoms with Crippen molar-refractivity contribution in [1.29, 1.82) is 0 Å². The minimum atomic E-state index is -1.33. The van der Waals surface area contributed by atoms with Gasteiger partial charge >= 0.3 is 0 Å². The molecule has 1 fully saturated rings. The number of rotatable bonds is 6. The van der Waals surface area contributed by atoms with Crippen molar-refractivity contribution in [1.82, 2.24) is 14.5 Å². The Labute approximate surface area is 248 Å². The summed E-state index contributed by atoms with van der Waals surface area (Å²) in [6, 6.07) is 12.8. The normalized spacial score (nSPS) is 16.4. The first-order valence-electron chi connectivity index (χ1n) is 13.6. The summed E-state index contributed by atoms with van der Waals surface area (Å²) in [6.45, 7) is 6.69. The molecule has 1 aliphatic rings. The van der Waals surface area contributed by atoms with Gasteiger partial charge in [-0.15, -0.1) is 0 Å². The third-order valence-electron chi connectivity index (χ3n) is 7.86. The second kappa shape index (κ2) is 10.7. The van der Waals surface area contributed by atoms with Crippen LogP contribution in [0.3, 0.4) is 0 Å². The molecule has 2 atom stereocenters. The van der Waals surface area contributed by atoms with Crippen LogP contribution in [-0.2, 0) is 5.60 Å². The summed E-state index contributed by atoms with van der Waals surface area (Å²) in [7, 11) is 3.10. The smallest absolute Gasteiger partial charge is 0.274 e. The highest BCUT2D eigenvalue weighted by Crippen LogP contribution is 2.56. The molecule has 0 bridgehead atoms. The Morgan fingerprint density at radius 3 is 2.48 bits per heavy atom. The first-order chi connectivity index (χ1) is 19.7. The van der Waals surface area contributed by atoms with Crippen LogP contribution in [0.15, 0.2) is 59.5 Å². The molecule has 1 amide bonds. The largest absolute Gasteiger partial charge is 0.386 e. The quantitative estimate of drug-likeness (QED) is 0.272. The number of pyridine rings is 2. The van der Waals surface area contributed by atoms with E-state index in [0.29, 0.717) is 22.5 Å². The number of benzene rings is 2. The second-order valence-electron chi connectivity index (χ2n) is 11.7. The molecular formula is C33H32ClF2N3O3. The molecule has 4 aromatic rings. The van der Waals surface area contributed by atoms with E-state index in [0.717, 1.165) is 12.0 Å². The lowest BCUT2D eigenvalue weighted by atomic mass is 9.94. The third-order valence-corrected chi connectivity index (χ3v) is 8.24. The van der Waals surface area contributed by atoms with E-state index in [1.54, 1.807) is 78.3 Å². The van der Waals surface area contributed by atoms with Crippen molar-refractivity contribution in [2.45, 2.75) is 51.6 Å². The second-order valence-corrected chi connectivity index (χ2v) is 12.0. The topological polar surface area (TPSA) is 75.4 Å². The molecule has 0 aliphatic heterocycles. The van der Waals surface area contributed by atoms with Crippen LogP contribution in [-0.4, -0.2) is 39.6 Å². The van der Waals surface area contributed by atoms with Gasteiger partial charge in [-0.05, 0) is 99.0 Å². The van der Waals surface area contributed by atoms with E-state index in [4.69, 9.17) is 11.6 Å². The van der Waals surface area contributed by atoms with E-state index >= 15 is 4.39 Å². The predicted molar refractivity (Wildman–Crippen MR) is 159 cm³/mol.